The van der Waals surface area contributed by atoms with E-state index in [1.54, 1.807) is 34.6 Å². The van der Waals surface area contributed by atoms with Crippen LogP contribution in [0.3, 0.4) is 0 Å². The smallest absolute Gasteiger partial charge is 0.312 e. The van der Waals surface area contributed by atoms with Gasteiger partial charge in [-0.05, 0) is 131 Å². The van der Waals surface area contributed by atoms with E-state index in [2.05, 4.69) is 34.6 Å². The molecule has 1 heterocycles. The summed E-state index contributed by atoms with van der Waals surface area (Å²) in [6.07, 6.45) is 14.6. The fourth-order valence-corrected chi connectivity index (χ4v) is 12.9. The molecule has 13 atom stereocenters. The Bertz CT molecular complexity index is 1600. The molecule has 2 N–H and O–H groups in total. The molecule has 0 spiro atoms. The van der Waals surface area contributed by atoms with Crippen LogP contribution in [0.2, 0.25) is 0 Å². The van der Waals surface area contributed by atoms with Gasteiger partial charge in [0.2, 0.25) is 15.9 Å². The van der Waals surface area contributed by atoms with Crippen LogP contribution in [0, 0.1) is 63.1 Å². The van der Waals surface area contributed by atoms with E-state index >= 15 is 0 Å². The Hall–Kier alpha value is -2.21. The Labute approximate surface area is 350 Å². The predicted octanol–water partition coefficient (Wildman–Crippen LogP) is 8.54. The second kappa shape index (κ2) is 18.4. The van der Waals surface area contributed by atoms with Crippen molar-refractivity contribution in [2.24, 2.45) is 63.1 Å². The molecular formula is C46H79NO10S. The average molecular weight is 838 g/mol. The van der Waals surface area contributed by atoms with Gasteiger partial charge in [0.25, 0.3) is 0 Å². The molecule has 5 aliphatic rings. The minimum atomic E-state index is -3.69. The lowest BCUT2D eigenvalue weighted by Gasteiger charge is -2.62. The minimum absolute atomic E-state index is 0.00293. The van der Waals surface area contributed by atoms with Crippen molar-refractivity contribution in [2.45, 2.75) is 190 Å². The molecule has 1 aliphatic heterocycles. The quantitative estimate of drug-likeness (QED) is 0.136. The molecule has 334 valence electrons. The second-order valence-corrected chi connectivity index (χ2v) is 22.8. The molecule has 58 heavy (non-hydrogen) atoms. The van der Waals surface area contributed by atoms with Gasteiger partial charge in [-0.3, -0.25) is 23.9 Å². The Morgan fingerprint density at radius 1 is 0.966 bits per heavy atom. The van der Waals surface area contributed by atoms with Crippen molar-refractivity contribution < 1.29 is 46.9 Å². The molecule has 1 saturated heterocycles. The molecule has 0 aromatic carbocycles. The highest BCUT2D eigenvalue weighted by molar-refractivity contribution is 7.89. The van der Waals surface area contributed by atoms with Crippen molar-refractivity contribution in [1.82, 2.24) is 4.72 Å². The van der Waals surface area contributed by atoms with Gasteiger partial charge in [0, 0.05) is 11.8 Å². The number of cyclic esters (lactones) is 1. The predicted molar refractivity (Wildman–Crippen MR) is 224 cm³/mol. The summed E-state index contributed by atoms with van der Waals surface area (Å²) in [7, 11) is -3.69. The average Bonchev–Trinajstić information content (AvgIpc) is 3.49. The second-order valence-electron chi connectivity index (χ2n) is 21.0. The summed E-state index contributed by atoms with van der Waals surface area (Å²) in [5.41, 5.74) is -2.65. The van der Waals surface area contributed by atoms with E-state index < -0.39 is 44.3 Å². The number of carbonyl (C=O) groups is 4. The molecule has 5 fully saturated rings. The first-order chi connectivity index (χ1) is 26.8. The number of hydrogen-bond donors (Lipinski definition) is 2. The van der Waals surface area contributed by atoms with Gasteiger partial charge < -0.3 is 19.3 Å². The lowest BCUT2D eigenvalue weighted by atomic mass is 9.43. The fraction of sp³-hybridized carbons (Fsp3) is 0.913. The molecule has 1 amide bonds. The number of hydrogen-bond acceptors (Lipinski definition) is 10. The van der Waals surface area contributed by atoms with E-state index in [4.69, 9.17) is 14.2 Å². The molecule has 4 aliphatic carbocycles. The van der Waals surface area contributed by atoms with Crippen molar-refractivity contribution >= 4 is 33.8 Å². The first kappa shape index (κ1) is 48.5. The molecule has 4 saturated carbocycles. The zero-order valence-electron chi connectivity index (χ0n) is 38.0. The summed E-state index contributed by atoms with van der Waals surface area (Å²) in [5, 5.41) is 11.7. The first-order valence-electron chi connectivity index (χ1n) is 22.6. The lowest BCUT2D eigenvalue weighted by molar-refractivity contribution is -0.184. The van der Waals surface area contributed by atoms with E-state index in [0.717, 1.165) is 50.2 Å². The third-order valence-corrected chi connectivity index (χ3v) is 16.8. The monoisotopic (exact) mass is 838 g/mol. The Morgan fingerprint density at radius 2 is 1.64 bits per heavy atom. The highest BCUT2D eigenvalue weighted by Crippen LogP contribution is 2.68. The number of esters is 3. The molecule has 0 bridgehead atoms. The minimum Gasteiger partial charge on any atom is -0.465 e. The number of nitrogens with one attached hydrogen (secondary N) is 1. The van der Waals surface area contributed by atoms with Gasteiger partial charge in [-0.25, -0.2) is 8.42 Å². The van der Waals surface area contributed by atoms with Crippen molar-refractivity contribution in [1.29, 1.82) is 0 Å². The van der Waals surface area contributed by atoms with E-state index in [9.17, 15) is 32.7 Å². The SMILES string of the molecule is CCC(C)(CC(C)(C)C(=O)NS(C)(=O)=O)C(=O)OC1(C)CCOC(=O)C1.CCCC(C)C1CCC2C3CCC4C[C@@H](OC(=O)C(C)CC)CC[C@]4(C)C3C[C@H](O)[C@]12C. The third kappa shape index (κ3) is 10.4. The van der Waals surface area contributed by atoms with E-state index in [1.165, 1.54) is 38.5 Å². The largest absolute Gasteiger partial charge is 0.465 e. The number of rotatable bonds is 13. The maximum atomic E-state index is 12.8. The molecule has 11 nitrogen and oxygen atoms in total. The molecule has 0 aromatic rings. The number of amides is 1. The molecule has 5 rings (SSSR count). The number of carbonyl (C=O) groups excluding carboxylic acids is 4. The van der Waals surface area contributed by atoms with Crippen molar-refractivity contribution in [3.05, 3.63) is 0 Å². The van der Waals surface area contributed by atoms with Crippen LogP contribution in [0.1, 0.15) is 172 Å². The zero-order valence-corrected chi connectivity index (χ0v) is 38.9. The lowest BCUT2D eigenvalue weighted by Crippen LogP contribution is -2.59. The van der Waals surface area contributed by atoms with Crippen molar-refractivity contribution in [3.8, 4) is 0 Å². The Kier molecular flexibility index (Phi) is 15.4. The van der Waals surface area contributed by atoms with Crippen LogP contribution < -0.4 is 4.72 Å². The van der Waals surface area contributed by atoms with Crippen LogP contribution in [0.4, 0.5) is 0 Å². The maximum absolute atomic E-state index is 12.8. The third-order valence-electron chi connectivity index (χ3n) is 16.3. The maximum Gasteiger partial charge on any atom is 0.312 e. The van der Waals surface area contributed by atoms with E-state index in [-0.39, 0.29) is 49.0 Å². The van der Waals surface area contributed by atoms with Gasteiger partial charge in [0.05, 0.1) is 36.7 Å². The van der Waals surface area contributed by atoms with Gasteiger partial charge in [-0.1, -0.05) is 75.2 Å². The molecular weight excluding hydrogens is 759 g/mol. The highest BCUT2D eigenvalue weighted by atomic mass is 32.2. The molecule has 0 aromatic heterocycles. The zero-order chi connectivity index (χ0) is 43.6. The topological polar surface area (TPSA) is 162 Å². The van der Waals surface area contributed by atoms with Crippen LogP contribution in [-0.4, -0.2) is 68.0 Å². The standard InChI is InChI=1S/C29H50O3.C17H29NO7S/c1-7-9-19(4)23-12-13-24-22-11-10-20-16-21(32-27(31)18(3)8-2)14-15-28(20,5)25(22)17-26(30)29(23,24)6;1-7-16(4,11-15(2,3)13(20)18-26(6,22)23)14(21)25-17(5)8-9-24-12(19)10-17/h18-26,30H,7-17H2,1-6H3;7-11H2,1-6H3,(H,18,20)/t18?,19?,20?,21-,22?,23?,24?,25?,26-,28-,29+;/m0./s1. The van der Waals surface area contributed by atoms with Crippen LogP contribution in [0.25, 0.3) is 0 Å². The summed E-state index contributed by atoms with van der Waals surface area (Å²) >= 11 is 0. The number of aliphatic hydroxyl groups excluding tert-OH is 1. The molecule has 12 heteroatoms. The molecule has 0 radical (unpaired) electrons. The van der Waals surface area contributed by atoms with Gasteiger partial charge in [-0.15, -0.1) is 0 Å². The number of fused-ring (bicyclic) bond motifs is 5. The van der Waals surface area contributed by atoms with Gasteiger partial charge in [-0.2, -0.15) is 0 Å². The van der Waals surface area contributed by atoms with Crippen LogP contribution >= 0.6 is 0 Å². The van der Waals surface area contributed by atoms with Crippen LogP contribution in [0.5, 0.6) is 0 Å². The van der Waals surface area contributed by atoms with Crippen LogP contribution in [0.15, 0.2) is 0 Å². The van der Waals surface area contributed by atoms with Gasteiger partial charge in [0.15, 0.2) is 0 Å². The number of sulfonamides is 1. The normalized spacial score (nSPS) is 36.8. The van der Waals surface area contributed by atoms with Gasteiger partial charge >= 0.3 is 17.9 Å². The summed E-state index contributed by atoms with van der Waals surface area (Å²) in [6.45, 7) is 22.3. The fourth-order valence-electron chi connectivity index (χ4n) is 12.3. The van der Waals surface area contributed by atoms with E-state index in [0.29, 0.717) is 41.9 Å². The summed E-state index contributed by atoms with van der Waals surface area (Å²) in [4.78, 5) is 49.0. The summed E-state index contributed by atoms with van der Waals surface area (Å²) < 4.78 is 41.1. The van der Waals surface area contributed by atoms with Gasteiger partial charge in [0.1, 0.15) is 11.7 Å². The van der Waals surface area contributed by atoms with Crippen LogP contribution in [-0.2, 0) is 43.4 Å². The Balaban J connectivity index is 0.000000263. The van der Waals surface area contributed by atoms with Crippen molar-refractivity contribution in [3.63, 3.8) is 0 Å². The van der Waals surface area contributed by atoms with Crippen molar-refractivity contribution in [2.75, 3.05) is 12.9 Å². The summed E-state index contributed by atoms with van der Waals surface area (Å²) in [6, 6.07) is 0. The first-order valence-corrected chi connectivity index (χ1v) is 24.5. The van der Waals surface area contributed by atoms with E-state index in [1.807, 2.05) is 11.6 Å². The Morgan fingerprint density at radius 3 is 2.22 bits per heavy atom. The molecule has 9 unspecified atom stereocenters. The highest BCUT2D eigenvalue weighted by Gasteiger charge is 2.64. The summed E-state index contributed by atoms with van der Waals surface area (Å²) in [5.74, 6) is 2.55. The number of ether oxygens (including phenoxy) is 3. The number of aliphatic hydroxyl groups is 1.